The van der Waals surface area contributed by atoms with Gasteiger partial charge in [-0.05, 0) is 12.8 Å². The molecule has 9 heteroatoms. The Kier molecular flexibility index (Phi) is 4.46. The summed E-state index contributed by atoms with van der Waals surface area (Å²) in [6, 6.07) is 0.0136. The Morgan fingerprint density at radius 3 is 2.43 bits per heavy atom. The van der Waals surface area contributed by atoms with E-state index in [9.17, 15) is 26.4 Å². The first-order valence-corrected chi connectivity index (χ1v) is 7.52. The lowest BCUT2D eigenvalue weighted by Crippen LogP contribution is -2.42. The van der Waals surface area contributed by atoms with E-state index in [-0.39, 0.29) is 13.1 Å². The van der Waals surface area contributed by atoms with Crippen LogP contribution in [0.15, 0.2) is 22.0 Å². The normalized spacial score (nSPS) is 20.0. The average molecular weight is 320 g/mol. The lowest BCUT2D eigenvalue weighted by Gasteiger charge is -2.29. The van der Waals surface area contributed by atoms with E-state index >= 15 is 0 Å². The number of halogens is 3. The summed E-state index contributed by atoms with van der Waals surface area (Å²) in [6.45, 7) is -0.128. The Morgan fingerprint density at radius 1 is 1.24 bits per heavy atom. The highest BCUT2D eigenvalue weighted by atomic mass is 32.2. The van der Waals surface area contributed by atoms with Gasteiger partial charge in [-0.2, -0.15) is 4.31 Å². The van der Waals surface area contributed by atoms with Crippen LogP contribution in [0.4, 0.5) is 13.2 Å². The van der Waals surface area contributed by atoms with Gasteiger partial charge in [-0.1, -0.05) is 0 Å². The van der Waals surface area contributed by atoms with Crippen molar-refractivity contribution < 1.29 is 26.4 Å². The smallest absolute Gasteiger partial charge is 0.211 e. The molecule has 1 atom stereocenters. The van der Waals surface area contributed by atoms with E-state index in [1.165, 1.54) is 6.08 Å². The number of carbonyl (C=O) groups excluding carboxylic acids is 1. The zero-order valence-corrected chi connectivity index (χ0v) is 11.5. The first-order valence-electron chi connectivity index (χ1n) is 6.08. The number of piperidine rings is 1. The highest BCUT2D eigenvalue weighted by Gasteiger charge is 2.34. The van der Waals surface area contributed by atoms with E-state index < -0.39 is 38.4 Å². The molecule has 0 N–H and O–H groups in total. The Labute approximate surface area is 119 Å². The van der Waals surface area contributed by atoms with Crippen LogP contribution < -0.4 is 0 Å². The summed E-state index contributed by atoms with van der Waals surface area (Å²) in [5, 5.41) is 0. The van der Waals surface area contributed by atoms with E-state index in [2.05, 4.69) is 4.99 Å². The summed E-state index contributed by atoms with van der Waals surface area (Å²) < 4.78 is 65.5. The second-order valence-electron chi connectivity index (χ2n) is 4.58. The molecule has 114 valence electrons. The van der Waals surface area contributed by atoms with E-state index in [4.69, 9.17) is 0 Å². The van der Waals surface area contributed by atoms with Crippen molar-refractivity contribution in [3.8, 4) is 0 Å². The van der Waals surface area contributed by atoms with Gasteiger partial charge in [0.2, 0.25) is 16.1 Å². The molecule has 1 aliphatic heterocycles. The molecule has 0 aliphatic carbocycles. The molecule has 1 aliphatic rings. The lowest BCUT2D eigenvalue weighted by atomic mass is 10.1. The summed E-state index contributed by atoms with van der Waals surface area (Å²) in [7, 11) is -4.46. The molecule has 0 spiro atoms. The molecule has 5 nitrogen and oxygen atoms in total. The van der Waals surface area contributed by atoms with Gasteiger partial charge in [0.15, 0.2) is 4.90 Å². The van der Waals surface area contributed by atoms with Crippen molar-refractivity contribution in [3.63, 3.8) is 0 Å². The number of nitrogens with zero attached hydrogens (tertiary/aromatic N) is 2. The summed E-state index contributed by atoms with van der Waals surface area (Å²) in [5.41, 5.74) is 0. The largest absolute Gasteiger partial charge is 0.249 e. The minimum absolute atomic E-state index is 0.0451. The van der Waals surface area contributed by atoms with Gasteiger partial charge in [0, 0.05) is 25.2 Å². The highest BCUT2D eigenvalue weighted by Crippen LogP contribution is 2.26. The molecule has 0 aromatic heterocycles. The molecular weight excluding hydrogens is 309 g/mol. The molecular formula is C12H11F3N2O3S. The predicted molar refractivity (Wildman–Crippen MR) is 66.2 cm³/mol. The van der Waals surface area contributed by atoms with Gasteiger partial charge < -0.3 is 0 Å². The first-order chi connectivity index (χ1) is 9.86. The second kappa shape index (κ2) is 5.97. The van der Waals surface area contributed by atoms with E-state index in [0.29, 0.717) is 25.0 Å². The quantitative estimate of drug-likeness (QED) is 0.627. The van der Waals surface area contributed by atoms with Gasteiger partial charge in [-0.25, -0.2) is 31.4 Å². The van der Waals surface area contributed by atoms with Crippen LogP contribution in [0.25, 0.3) is 0 Å². The molecule has 1 unspecified atom stereocenters. The fraction of sp³-hybridized carbons (Fsp3) is 0.417. The third kappa shape index (κ3) is 3.15. The zero-order valence-electron chi connectivity index (χ0n) is 10.7. The number of rotatable bonds is 3. The fourth-order valence-electron chi connectivity index (χ4n) is 2.22. The minimum Gasteiger partial charge on any atom is -0.211 e. The van der Waals surface area contributed by atoms with Crippen molar-refractivity contribution in [2.24, 2.45) is 4.99 Å². The van der Waals surface area contributed by atoms with Crippen molar-refractivity contribution in [3.05, 3.63) is 29.6 Å². The zero-order chi connectivity index (χ0) is 15.6. The number of benzene rings is 1. The van der Waals surface area contributed by atoms with Crippen LogP contribution in [0.1, 0.15) is 12.8 Å². The van der Waals surface area contributed by atoms with Gasteiger partial charge in [-0.3, -0.25) is 0 Å². The Bertz CT molecular complexity index is 679. The molecule has 0 bridgehead atoms. The van der Waals surface area contributed by atoms with Crippen molar-refractivity contribution in [1.29, 1.82) is 0 Å². The molecule has 0 amide bonds. The van der Waals surface area contributed by atoms with E-state index in [0.717, 1.165) is 4.31 Å². The van der Waals surface area contributed by atoms with Crippen LogP contribution in [0.3, 0.4) is 0 Å². The van der Waals surface area contributed by atoms with Crippen molar-refractivity contribution >= 4 is 16.1 Å². The topological polar surface area (TPSA) is 66.8 Å². The van der Waals surface area contributed by atoms with E-state index in [1.807, 2.05) is 0 Å². The van der Waals surface area contributed by atoms with Crippen LogP contribution in [-0.4, -0.2) is 37.9 Å². The molecule has 1 heterocycles. The predicted octanol–water partition coefficient (Wildman–Crippen LogP) is 1.59. The van der Waals surface area contributed by atoms with Gasteiger partial charge in [-0.15, -0.1) is 0 Å². The summed E-state index contributed by atoms with van der Waals surface area (Å²) >= 11 is 0. The van der Waals surface area contributed by atoms with Gasteiger partial charge in [0.1, 0.15) is 17.5 Å². The third-order valence-electron chi connectivity index (χ3n) is 3.16. The second-order valence-corrected chi connectivity index (χ2v) is 6.45. The first kappa shape index (κ1) is 15.7. The van der Waals surface area contributed by atoms with Gasteiger partial charge >= 0.3 is 0 Å². The Balaban J connectivity index is 2.40. The maximum atomic E-state index is 13.6. The molecule has 0 radical (unpaired) electrons. The SMILES string of the molecule is O=C=NC1CCCN(S(=O)(=O)c2c(F)cc(F)cc2F)C1. The maximum absolute atomic E-state index is 13.6. The van der Waals surface area contributed by atoms with Crippen molar-refractivity contribution in [1.82, 2.24) is 4.31 Å². The Morgan fingerprint density at radius 2 is 1.86 bits per heavy atom. The monoisotopic (exact) mass is 320 g/mol. The van der Waals surface area contributed by atoms with Crippen LogP contribution >= 0.6 is 0 Å². The number of hydrogen-bond donors (Lipinski definition) is 0. The average Bonchev–Trinajstić information content (AvgIpc) is 2.37. The Hall–Kier alpha value is -1.70. The van der Waals surface area contributed by atoms with Crippen LogP contribution in [0.2, 0.25) is 0 Å². The molecule has 2 rings (SSSR count). The fourth-order valence-corrected chi connectivity index (χ4v) is 3.83. The molecule has 1 saturated heterocycles. The summed E-state index contributed by atoms with van der Waals surface area (Å²) in [4.78, 5) is 12.5. The lowest BCUT2D eigenvalue weighted by molar-refractivity contribution is 0.313. The van der Waals surface area contributed by atoms with Gasteiger partial charge in [0.05, 0.1) is 6.04 Å². The van der Waals surface area contributed by atoms with Crippen LogP contribution in [-0.2, 0) is 14.8 Å². The molecule has 1 aromatic carbocycles. The summed E-state index contributed by atoms with van der Waals surface area (Å²) in [5.74, 6) is -4.19. The number of hydrogen-bond acceptors (Lipinski definition) is 4. The molecule has 1 aromatic rings. The standard InChI is InChI=1S/C12H11F3N2O3S/c13-8-4-10(14)12(11(15)5-8)21(19,20)17-3-1-2-9(6-17)16-7-18/h4-5,9H,1-3,6H2. The van der Waals surface area contributed by atoms with E-state index in [1.54, 1.807) is 0 Å². The molecule has 21 heavy (non-hydrogen) atoms. The highest BCUT2D eigenvalue weighted by molar-refractivity contribution is 7.89. The molecule has 0 saturated carbocycles. The third-order valence-corrected chi connectivity index (χ3v) is 5.07. The minimum atomic E-state index is -4.46. The molecule has 1 fully saturated rings. The number of sulfonamides is 1. The number of aliphatic imine (C=N–C) groups is 1. The van der Waals surface area contributed by atoms with Gasteiger partial charge in [0.25, 0.3) is 0 Å². The van der Waals surface area contributed by atoms with Crippen molar-refractivity contribution in [2.75, 3.05) is 13.1 Å². The van der Waals surface area contributed by atoms with Crippen LogP contribution in [0.5, 0.6) is 0 Å². The van der Waals surface area contributed by atoms with Crippen molar-refractivity contribution in [2.45, 2.75) is 23.8 Å². The maximum Gasteiger partial charge on any atom is 0.249 e. The summed E-state index contributed by atoms with van der Waals surface area (Å²) in [6.07, 6.45) is 2.21. The van der Waals surface area contributed by atoms with Crippen LogP contribution in [0, 0.1) is 17.5 Å². The number of isocyanates is 1.